The molecular weight excluding hydrogens is 360 g/mol. The summed E-state index contributed by atoms with van der Waals surface area (Å²) in [7, 11) is 0. The number of rotatable bonds is 3. The van der Waals surface area contributed by atoms with E-state index in [1.807, 2.05) is 19.9 Å². The van der Waals surface area contributed by atoms with E-state index in [-0.39, 0.29) is 11.9 Å². The first-order valence-electron chi connectivity index (χ1n) is 9.26. The second-order valence-electron chi connectivity index (χ2n) is 7.74. The highest BCUT2D eigenvalue weighted by Crippen LogP contribution is 2.38. The third kappa shape index (κ3) is 2.73. The first kappa shape index (κ1) is 16.8. The quantitative estimate of drug-likeness (QED) is 0.730. The van der Waals surface area contributed by atoms with Gasteiger partial charge in [-0.2, -0.15) is 0 Å². The van der Waals surface area contributed by atoms with Gasteiger partial charge >= 0.3 is 0 Å². The lowest BCUT2D eigenvalue weighted by Crippen LogP contribution is -2.47. The molecule has 1 amide bonds. The van der Waals surface area contributed by atoms with Gasteiger partial charge in [-0.05, 0) is 31.9 Å². The van der Waals surface area contributed by atoms with E-state index in [1.54, 1.807) is 0 Å². The van der Waals surface area contributed by atoms with Crippen LogP contribution in [0, 0.1) is 0 Å². The largest absolute Gasteiger partial charge is 0.377 e. The number of amides is 1. The molecule has 2 aliphatic rings. The SMILES string of the molecule is CC1(C)NC(=O)c2sc(N3CCOC[C@@H]3Cc3c[nH]c4ccccc34)nc21. The Morgan fingerprint density at radius 2 is 2.22 bits per heavy atom. The van der Waals surface area contributed by atoms with Gasteiger partial charge < -0.3 is 19.9 Å². The van der Waals surface area contributed by atoms with E-state index >= 15 is 0 Å². The number of ether oxygens (including phenoxy) is 1. The molecule has 0 saturated carbocycles. The van der Waals surface area contributed by atoms with E-state index < -0.39 is 5.54 Å². The van der Waals surface area contributed by atoms with Crippen LogP contribution in [0.15, 0.2) is 30.5 Å². The number of aromatic nitrogens is 2. The second kappa shape index (κ2) is 6.07. The third-order valence-corrected chi connectivity index (χ3v) is 6.54. The van der Waals surface area contributed by atoms with E-state index in [9.17, 15) is 4.79 Å². The van der Waals surface area contributed by atoms with E-state index in [0.717, 1.165) is 34.2 Å². The number of nitrogens with one attached hydrogen (secondary N) is 2. The van der Waals surface area contributed by atoms with Crippen LogP contribution in [0.5, 0.6) is 0 Å². The molecule has 4 heterocycles. The van der Waals surface area contributed by atoms with E-state index in [1.165, 1.54) is 22.3 Å². The zero-order valence-corrected chi connectivity index (χ0v) is 16.2. The van der Waals surface area contributed by atoms with Crippen LogP contribution >= 0.6 is 11.3 Å². The number of aromatic amines is 1. The van der Waals surface area contributed by atoms with Gasteiger partial charge in [0.2, 0.25) is 0 Å². The zero-order chi connectivity index (χ0) is 18.6. The summed E-state index contributed by atoms with van der Waals surface area (Å²) in [5, 5.41) is 5.18. The maximum absolute atomic E-state index is 12.3. The highest BCUT2D eigenvalue weighted by atomic mass is 32.1. The predicted octanol–water partition coefficient (Wildman–Crippen LogP) is 3.05. The van der Waals surface area contributed by atoms with Crippen molar-refractivity contribution < 1.29 is 9.53 Å². The summed E-state index contributed by atoms with van der Waals surface area (Å²) in [5.74, 6) is -0.0137. The minimum Gasteiger partial charge on any atom is -0.377 e. The van der Waals surface area contributed by atoms with E-state index in [0.29, 0.717) is 13.2 Å². The van der Waals surface area contributed by atoms with Crippen LogP contribution in [-0.2, 0) is 16.7 Å². The summed E-state index contributed by atoms with van der Waals surface area (Å²) in [6.07, 6.45) is 2.97. The maximum atomic E-state index is 12.3. The number of benzene rings is 1. The lowest BCUT2D eigenvalue weighted by molar-refractivity contribution is 0.0939. The van der Waals surface area contributed by atoms with Crippen LogP contribution in [0.1, 0.15) is 34.8 Å². The fraction of sp³-hybridized carbons (Fsp3) is 0.400. The summed E-state index contributed by atoms with van der Waals surface area (Å²) in [6.45, 7) is 6.15. The molecule has 3 aromatic rings. The Hall–Kier alpha value is -2.38. The molecule has 0 unspecified atom stereocenters. The summed E-state index contributed by atoms with van der Waals surface area (Å²) in [4.78, 5) is 23.5. The number of anilines is 1. The summed E-state index contributed by atoms with van der Waals surface area (Å²) in [5.41, 5.74) is 2.90. The molecule has 5 rings (SSSR count). The summed E-state index contributed by atoms with van der Waals surface area (Å²) >= 11 is 1.50. The molecule has 2 aromatic heterocycles. The molecule has 6 nitrogen and oxygen atoms in total. The van der Waals surface area contributed by atoms with Gasteiger partial charge in [-0.25, -0.2) is 4.98 Å². The number of para-hydroxylation sites is 1. The Morgan fingerprint density at radius 3 is 3.07 bits per heavy atom. The monoisotopic (exact) mass is 382 g/mol. The fourth-order valence-corrected chi connectivity index (χ4v) is 5.26. The average Bonchev–Trinajstić information content (AvgIpc) is 3.32. The molecule has 1 saturated heterocycles. The van der Waals surface area contributed by atoms with Gasteiger partial charge in [0.05, 0.1) is 30.5 Å². The van der Waals surface area contributed by atoms with Gasteiger partial charge in [-0.3, -0.25) is 4.79 Å². The number of fused-ring (bicyclic) bond motifs is 2. The van der Waals surface area contributed by atoms with Crippen molar-refractivity contribution in [2.45, 2.75) is 31.8 Å². The Balaban J connectivity index is 1.47. The highest BCUT2D eigenvalue weighted by molar-refractivity contribution is 7.17. The van der Waals surface area contributed by atoms with Gasteiger partial charge in [-0.15, -0.1) is 0 Å². The molecule has 2 N–H and O–H groups in total. The molecule has 140 valence electrons. The molecule has 2 aliphatic heterocycles. The van der Waals surface area contributed by atoms with Crippen LogP contribution in [-0.4, -0.2) is 41.7 Å². The maximum Gasteiger partial charge on any atom is 0.264 e. The fourth-order valence-electron chi connectivity index (χ4n) is 4.04. The van der Waals surface area contributed by atoms with Crippen molar-refractivity contribution in [2.24, 2.45) is 0 Å². The minimum atomic E-state index is -0.403. The van der Waals surface area contributed by atoms with Crippen molar-refractivity contribution in [3.8, 4) is 0 Å². The molecular formula is C20H22N4O2S. The standard InChI is InChI=1S/C20H22N4O2S/c1-20(2)17-16(18(25)23-20)27-19(22-17)24-7-8-26-11-13(24)9-12-10-21-15-6-4-3-5-14(12)15/h3-6,10,13,21H,7-9,11H2,1-2H3,(H,23,25)/t13-/m0/s1. The van der Waals surface area contributed by atoms with Crippen molar-refractivity contribution in [1.82, 2.24) is 15.3 Å². The van der Waals surface area contributed by atoms with Gasteiger partial charge in [0.25, 0.3) is 5.91 Å². The molecule has 27 heavy (non-hydrogen) atoms. The molecule has 1 atom stereocenters. The number of morpholine rings is 1. The number of thiazole rings is 1. The van der Waals surface area contributed by atoms with Crippen LogP contribution in [0.25, 0.3) is 10.9 Å². The lowest BCUT2D eigenvalue weighted by Gasteiger charge is -2.35. The van der Waals surface area contributed by atoms with Gasteiger partial charge in [0.1, 0.15) is 4.88 Å². The van der Waals surface area contributed by atoms with E-state index in [4.69, 9.17) is 9.72 Å². The molecule has 0 bridgehead atoms. The van der Waals surface area contributed by atoms with Crippen LogP contribution in [0.3, 0.4) is 0 Å². The van der Waals surface area contributed by atoms with Crippen molar-refractivity contribution in [2.75, 3.05) is 24.7 Å². The van der Waals surface area contributed by atoms with Crippen LogP contribution in [0.4, 0.5) is 5.13 Å². The Bertz CT molecular complexity index is 1020. The van der Waals surface area contributed by atoms with Gasteiger partial charge in [0, 0.05) is 23.6 Å². The van der Waals surface area contributed by atoms with Crippen molar-refractivity contribution in [3.05, 3.63) is 46.6 Å². The number of hydrogen-bond donors (Lipinski definition) is 2. The van der Waals surface area contributed by atoms with E-state index in [2.05, 4.69) is 39.6 Å². The van der Waals surface area contributed by atoms with Crippen LogP contribution < -0.4 is 10.2 Å². The minimum absolute atomic E-state index is 0.0137. The molecule has 0 radical (unpaired) electrons. The van der Waals surface area contributed by atoms with Crippen molar-refractivity contribution >= 4 is 33.3 Å². The summed E-state index contributed by atoms with van der Waals surface area (Å²) in [6, 6.07) is 8.57. The van der Waals surface area contributed by atoms with Gasteiger partial charge in [0.15, 0.2) is 5.13 Å². The Kier molecular flexibility index (Phi) is 3.77. The number of carbonyl (C=O) groups excluding carboxylic acids is 1. The zero-order valence-electron chi connectivity index (χ0n) is 15.4. The molecule has 1 fully saturated rings. The second-order valence-corrected chi connectivity index (χ2v) is 8.72. The number of hydrogen-bond acceptors (Lipinski definition) is 5. The first-order chi connectivity index (χ1) is 13.0. The van der Waals surface area contributed by atoms with Crippen molar-refractivity contribution in [1.29, 1.82) is 0 Å². The molecule has 0 spiro atoms. The lowest BCUT2D eigenvalue weighted by atomic mass is 10.0. The highest BCUT2D eigenvalue weighted by Gasteiger charge is 2.40. The number of carbonyl (C=O) groups is 1. The average molecular weight is 382 g/mol. The Morgan fingerprint density at radius 1 is 1.37 bits per heavy atom. The molecule has 0 aliphatic carbocycles. The molecule has 1 aromatic carbocycles. The third-order valence-electron chi connectivity index (χ3n) is 5.44. The van der Waals surface area contributed by atoms with Crippen molar-refractivity contribution in [3.63, 3.8) is 0 Å². The van der Waals surface area contributed by atoms with Crippen LogP contribution in [0.2, 0.25) is 0 Å². The number of nitrogens with zero attached hydrogens (tertiary/aromatic N) is 2. The Labute approximate surface area is 161 Å². The first-order valence-corrected chi connectivity index (χ1v) is 10.1. The predicted molar refractivity (Wildman–Crippen MR) is 107 cm³/mol. The normalized spacial score (nSPS) is 21.5. The number of H-pyrrole nitrogens is 1. The summed E-state index contributed by atoms with van der Waals surface area (Å²) < 4.78 is 5.78. The topological polar surface area (TPSA) is 70.2 Å². The molecule has 7 heteroatoms. The van der Waals surface area contributed by atoms with Gasteiger partial charge in [-0.1, -0.05) is 29.5 Å². The smallest absolute Gasteiger partial charge is 0.264 e.